The monoisotopic (exact) mass is 153 g/mol. The highest BCUT2D eigenvalue weighted by molar-refractivity contribution is 5.27. The van der Waals surface area contributed by atoms with E-state index in [2.05, 4.69) is 39.1 Å². The van der Waals surface area contributed by atoms with Gasteiger partial charge in [0.1, 0.15) is 0 Å². The fourth-order valence-corrected chi connectivity index (χ4v) is 0.827. The van der Waals surface area contributed by atoms with Crippen molar-refractivity contribution in [2.24, 2.45) is 10.9 Å². The standard InChI is InChI=1S/C10H19N/c1-6-10(4,11-5)8-7-9(2)3/h6,9H,1,5,7-8H2,2-4H3. The van der Waals surface area contributed by atoms with Crippen LogP contribution in [0.25, 0.3) is 0 Å². The van der Waals surface area contributed by atoms with Gasteiger partial charge in [0.2, 0.25) is 0 Å². The molecule has 0 spiro atoms. The number of rotatable bonds is 5. The Bertz CT molecular complexity index is 128. The zero-order valence-electron chi connectivity index (χ0n) is 7.93. The molecule has 0 saturated carbocycles. The Labute approximate surface area is 70.2 Å². The molecule has 0 bridgehead atoms. The third kappa shape index (κ3) is 3.97. The summed E-state index contributed by atoms with van der Waals surface area (Å²) in [5.74, 6) is 0.732. The molecule has 0 heterocycles. The molecule has 1 nitrogen and oxygen atoms in total. The Morgan fingerprint density at radius 2 is 2.09 bits per heavy atom. The SMILES string of the molecule is C=CC(C)(CCC(C)C)N=C. The predicted molar refractivity (Wildman–Crippen MR) is 52.2 cm³/mol. The van der Waals surface area contributed by atoms with Crippen molar-refractivity contribution in [3.8, 4) is 0 Å². The van der Waals surface area contributed by atoms with E-state index in [0.717, 1.165) is 12.3 Å². The summed E-state index contributed by atoms with van der Waals surface area (Å²) in [6.07, 6.45) is 4.11. The van der Waals surface area contributed by atoms with Crippen molar-refractivity contribution in [3.05, 3.63) is 12.7 Å². The van der Waals surface area contributed by atoms with E-state index in [0.29, 0.717) is 0 Å². The summed E-state index contributed by atoms with van der Waals surface area (Å²) in [5.41, 5.74) is -0.107. The fourth-order valence-electron chi connectivity index (χ4n) is 0.827. The molecule has 0 aromatic rings. The maximum atomic E-state index is 4.04. The quantitative estimate of drug-likeness (QED) is 0.425. The molecular formula is C10H19N. The molecule has 0 aromatic carbocycles. The van der Waals surface area contributed by atoms with Gasteiger partial charge in [0.15, 0.2) is 0 Å². The van der Waals surface area contributed by atoms with E-state index in [1.807, 2.05) is 6.08 Å². The molecule has 64 valence electrons. The molecule has 0 saturated heterocycles. The van der Waals surface area contributed by atoms with Crippen LogP contribution in [0.15, 0.2) is 17.6 Å². The second-order valence-corrected chi connectivity index (χ2v) is 3.65. The van der Waals surface area contributed by atoms with Gasteiger partial charge in [0.05, 0.1) is 5.54 Å². The topological polar surface area (TPSA) is 12.4 Å². The van der Waals surface area contributed by atoms with E-state index in [9.17, 15) is 0 Å². The van der Waals surface area contributed by atoms with Crippen LogP contribution >= 0.6 is 0 Å². The lowest BCUT2D eigenvalue weighted by atomic mass is 9.93. The Morgan fingerprint density at radius 3 is 2.36 bits per heavy atom. The van der Waals surface area contributed by atoms with E-state index >= 15 is 0 Å². The van der Waals surface area contributed by atoms with Gasteiger partial charge in [0, 0.05) is 0 Å². The summed E-state index contributed by atoms with van der Waals surface area (Å²) >= 11 is 0. The van der Waals surface area contributed by atoms with Crippen molar-refractivity contribution in [2.75, 3.05) is 0 Å². The molecule has 0 aromatic heterocycles. The van der Waals surface area contributed by atoms with E-state index < -0.39 is 0 Å². The summed E-state index contributed by atoms with van der Waals surface area (Å²) < 4.78 is 0. The first-order chi connectivity index (χ1) is 5.04. The van der Waals surface area contributed by atoms with Gasteiger partial charge in [-0.05, 0) is 32.4 Å². The van der Waals surface area contributed by atoms with Crippen molar-refractivity contribution in [2.45, 2.75) is 39.2 Å². The van der Waals surface area contributed by atoms with Gasteiger partial charge in [-0.15, -0.1) is 6.58 Å². The Hall–Kier alpha value is -0.590. The van der Waals surface area contributed by atoms with Crippen LogP contribution in [0.2, 0.25) is 0 Å². The highest BCUT2D eigenvalue weighted by Crippen LogP contribution is 2.20. The molecule has 0 aliphatic rings. The van der Waals surface area contributed by atoms with Crippen LogP contribution < -0.4 is 0 Å². The Kier molecular flexibility index (Phi) is 4.09. The molecule has 1 heteroatoms. The molecule has 0 aliphatic heterocycles. The van der Waals surface area contributed by atoms with Crippen molar-refractivity contribution >= 4 is 6.72 Å². The second-order valence-electron chi connectivity index (χ2n) is 3.65. The zero-order chi connectivity index (χ0) is 8.91. The van der Waals surface area contributed by atoms with Crippen LogP contribution in [0.3, 0.4) is 0 Å². The minimum Gasteiger partial charge on any atom is -0.290 e. The van der Waals surface area contributed by atoms with Gasteiger partial charge < -0.3 is 0 Å². The van der Waals surface area contributed by atoms with E-state index in [4.69, 9.17) is 0 Å². The Balaban J connectivity index is 3.88. The average molecular weight is 153 g/mol. The van der Waals surface area contributed by atoms with E-state index in [-0.39, 0.29) is 5.54 Å². The zero-order valence-corrected chi connectivity index (χ0v) is 7.93. The molecule has 0 aliphatic carbocycles. The van der Waals surface area contributed by atoms with Crippen molar-refractivity contribution in [1.82, 2.24) is 0 Å². The fraction of sp³-hybridized carbons (Fsp3) is 0.700. The minimum absolute atomic E-state index is 0.107. The van der Waals surface area contributed by atoms with Crippen LogP contribution in [0.4, 0.5) is 0 Å². The third-order valence-electron chi connectivity index (χ3n) is 2.03. The first-order valence-corrected chi connectivity index (χ1v) is 4.15. The summed E-state index contributed by atoms with van der Waals surface area (Å²) in [4.78, 5) is 4.04. The van der Waals surface area contributed by atoms with Crippen LogP contribution in [-0.2, 0) is 0 Å². The van der Waals surface area contributed by atoms with Crippen molar-refractivity contribution < 1.29 is 0 Å². The normalized spacial score (nSPS) is 16.0. The largest absolute Gasteiger partial charge is 0.290 e. The smallest absolute Gasteiger partial charge is 0.0749 e. The molecule has 1 unspecified atom stereocenters. The van der Waals surface area contributed by atoms with Crippen molar-refractivity contribution in [3.63, 3.8) is 0 Å². The number of hydrogen-bond acceptors (Lipinski definition) is 1. The highest BCUT2D eigenvalue weighted by Gasteiger charge is 2.16. The lowest BCUT2D eigenvalue weighted by Crippen LogP contribution is -2.18. The van der Waals surface area contributed by atoms with Gasteiger partial charge in [-0.3, -0.25) is 4.99 Å². The maximum absolute atomic E-state index is 4.04. The maximum Gasteiger partial charge on any atom is 0.0749 e. The van der Waals surface area contributed by atoms with Crippen LogP contribution in [0.1, 0.15) is 33.6 Å². The first-order valence-electron chi connectivity index (χ1n) is 4.15. The summed E-state index contributed by atoms with van der Waals surface area (Å²) in [6.45, 7) is 13.8. The van der Waals surface area contributed by atoms with Gasteiger partial charge >= 0.3 is 0 Å². The number of aliphatic imine (C=N–C) groups is 1. The lowest BCUT2D eigenvalue weighted by Gasteiger charge is -2.20. The predicted octanol–water partition coefficient (Wildman–Crippen LogP) is 3.07. The second kappa shape index (κ2) is 4.32. The van der Waals surface area contributed by atoms with Crippen LogP contribution in [0.5, 0.6) is 0 Å². The lowest BCUT2D eigenvalue weighted by molar-refractivity contribution is 0.454. The summed E-state index contributed by atoms with van der Waals surface area (Å²) in [6, 6.07) is 0. The molecule has 0 amide bonds. The van der Waals surface area contributed by atoms with Gasteiger partial charge in [-0.1, -0.05) is 19.9 Å². The molecule has 0 rings (SSSR count). The minimum atomic E-state index is -0.107. The average Bonchev–Trinajstić information content (AvgIpc) is 2.00. The number of hydrogen-bond donors (Lipinski definition) is 0. The van der Waals surface area contributed by atoms with Gasteiger partial charge in [-0.2, -0.15) is 0 Å². The van der Waals surface area contributed by atoms with E-state index in [1.165, 1.54) is 6.42 Å². The first kappa shape index (κ1) is 10.4. The van der Waals surface area contributed by atoms with Crippen LogP contribution in [0, 0.1) is 5.92 Å². The van der Waals surface area contributed by atoms with Crippen molar-refractivity contribution in [1.29, 1.82) is 0 Å². The Morgan fingerprint density at radius 1 is 1.55 bits per heavy atom. The highest BCUT2D eigenvalue weighted by atomic mass is 14.8. The molecule has 1 atom stereocenters. The van der Waals surface area contributed by atoms with Gasteiger partial charge in [-0.25, -0.2) is 0 Å². The molecular weight excluding hydrogens is 134 g/mol. The van der Waals surface area contributed by atoms with Gasteiger partial charge in [0.25, 0.3) is 0 Å². The van der Waals surface area contributed by atoms with E-state index in [1.54, 1.807) is 0 Å². The summed E-state index contributed by atoms with van der Waals surface area (Å²) in [5, 5.41) is 0. The summed E-state index contributed by atoms with van der Waals surface area (Å²) in [7, 11) is 0. The molecule has 0 fully saturated rings. The van der Waals surface area contributed by atoms with Crippen LogP contribution in [-0.4, -0.2) is 12.3 Å². The molecule has 0 N–H and O–H groups in total. The molecule has 11 heavy (non-hydrogen) atoms. The third-order valence-corrected chi connectivity index (χ3v) is 2.03. The molecule has 0 radical (unpaired) electrons. The number of nitrogens with zero attached hydrogens (tertiary/aromatic N) is 1.